The molecule has 1 aromatic carbocycles. The maximum Gasteiger partial charge on any atom is 1.00 e. The minimum atomic E-state index is -0.0157. The minimum absolute atomic E-state index is 0. The van der Waals surface area contributed by atoms with E-state index in [2.05, 4.69) is 9.97 Å². The average Bonchev–Trinajstić information content (AvgIpc) is 2.57. The molecule has 60 valence electrons. The van der Waals surface area contributed by atoms with Gasteiger partial charge in [-0.25, -0.2) is 0 Å². The summed E-state index contributed by atoms with van der Waals surface area (Å²) in [6, 6.07) is 6.78. The van der Waals surface area contributed by atoms with Gasteiger partial charge in [0.2, 0.25) is 0 Å². The van der Waals surface area contributed by atoms with Crippen molar-refractivity contribution in [3.05, 3.63) is 36.8 Å². The molecule has 0 atom stereocenters. The molecule has 0 N–H and O–H groups in total. The van der Waals surface area contributed by atoms with Crippen LogP contribution in [0.4, 0.5) is 0 Å². The van der Waals surface area contributed by atoms with Crippen LogP contribution in [0.15, 0.2) is 36.8 Å². The van der Waals surface area contributed by atoms with Crippen LogP contribution in [-0.2, 0) is 0 Å². The van der Waals surface area contributed by atoms with E-state index in [1.165, 1.54) is 12.4 Å². The zero-order valence-electron chi connectivity index (χ0n) is 7.27. The molecular formula is C9H6LiN2O-. The Balaban J connectivity index is 0.000000845. The van der Waals surface area contributed by atoms with Crippen LogP contribution in [0.25, 0.3) is 11.3 Å². The van der Waals surface area contributed by atoms with Crippen LogP contribution in [0, 0.1) is 0 Å². The average molecular weight is 165 g/mol. The minimum Gasteiger partial charge on any atom is -0.872 e. The van der Waals surface area contributed by atoms with Gasteiger partial charge >= 0.3 is 18.9 Å². The van der Waals surface area contributed by atoms with Gasteiger partial charge in [0.15, 0.2) is 0 Å². The van der Waals surface area contributed by atoms with Gasteiger partial charge in [0, 0.05) is 0 Å². The van der Waals surface area contributed by atoms with Gasteiger partial charge in [-0.15, -0.1) is 5.75 Å². The zero-order valence-corrected chi connectivity index (χ0v) is 7.27. The first-order chi connectivity index (χ1) is 5.88. The van der Waals surface area contributed by atoms with Crippen molar-refractivity contribution in [2.24, 2.45) is 0 Å². The summed E-state index contributed by atoms with van der Waals surface area (Å²) in [5, 5.41) is 11.2. The van der Waals surface area contributed by atoms with Gasteiger partial charge in [-0.3, -0.25) is 0 Å². The van der Waals surface area contributed by atoms with Crippen molar-refractivity contribution in [2.45, 2.75) is 0 Å². The predicted octanol–water partition coefficient (Wildman–Crippen LogP) is -2.22. The first kappa shape index (κ1) is 9.91. The first-order valence-electron chi connectivity index (χ1n) is 3.57. The van der Waals surface area contributed by atoms with Gasteiger partial charge in [-0.2, -0.15) is 0 Å². The molecule has 1 aromatic heterocycles. The molecule has 2 rings (SSSR count). The summed E-state index contributed by atoms with van der Waals surface area (Å²) in [5.74, 6) is -0.0157. The molecule has 0 bridgehead atoms. The van der Waals surface area contributed by atoms with Gasteiger partial charge < -0.3 is 15.1 Å². The molecule has 0 saturated carbocycles. The van der Waals surface area contributed by atoms with E-state index in [1.54, 1.807) is 18.3 Å². The van der Waals surface area contributed by atoms with Crippen LogP contribution in [0.1, 0.15) is 0 Å². The van der Waals surface area contributed by atoms with E-state index < -0.39 is 0 Å². The molecule has 0 fully saturated rings. The van der Waals surface area contributed by atoms with E-state index in [1.807, 2.05) is 6.07 Å². The summed E-state index contributed by atoms with van der Waals surface area (Å²) >= 11 is 0. The molecule has 0 spiro atoms. The number of imidazole rings is 1. The Morgan fingerprint density at radius 1 is 1.23 bits per heavy atom. The Hall–Kier alpha value is -1.17. The maximum absolute atomic E-state index is 11.2. The van der Waals surface area contributed by atoms with Crippen molar-refractivity contribution in [1.29, 1.82) is 0 Å². The Bertz CT molecular complexity index is 373. The molecule has 13 heavy (non-hydrogen) atoms. The Kier molecular flexibility index (Phi) is 3.18. The first-order valence-corrected chi connectivity index (χ1v) is 3.57. The van der Waals surface area contributed by atoms with Gasteiger partial charge in [0.05, 0.1) is 0 Å². The Morgan fingerprint density at radius 3 is 2.62 bits per heavy atom. The van der Waals surface area contributed by atoms with Crippen molar-refractivity contribution in [2.75, 3.05) is 0 Å². The Labute approximate surface area is 88.0 Å². The third kappa shape index (κ3) is 1.95. The third-order valence-corrected chi connectivity index (χ3v) is 1.62. The summed E-state index contributed by atoms with van der Waals surface area (Å²) < 4.78 is 0. The van der Waals surface area contributed by atoms with Crippen LogP contribution in [0.3, 0.4) is 0 Å². The zero-order chi connectivity index (χ0) is 8.39. The smallest absolute Gasteiger partial charge is 0.872 e. The van der Waals surface area contributed by atoms with Crippen LogP contribution in [0.2, 0.25) is 0 Å². The van der Waals surface area contributed by atoms with E-state index in [9.17, 15) is 5.11 Å². The van der Waals surface area contributed by atoms with Crippen molar-refractivity contribution in [1.82, 2.24) is 9.97 Å². The summed E-state index contributed by atoms with van der Waals surface area (Å²) in [5.41, 5.74) is 1.25. The monoisotopic (exact) mass is 165 g/mol. The summed E-state index contributed by atoms with van der Waals surface area (Å²) in [6.45, 7) is 0. The van der Waals surface area contributed by atoms with Crippen LogP contribution < -0.4 is 29.0 Å². The fraction of sp³-hybridized carbons (Fsp3) is 0. The van der Waals surface area contributed by atoms with Gasteiger partial charge in [-0.05, 0) is 11.3 Å². The number of nitrogens with zero attached hydrogens (tertiary/aromatic N) is 2. The second-order valence-electron chi connectivity index (χ2n) is 2.40. The third-order valence-electron chi connectivity index (χ3n) is 1.62. The SMILES string of the molecule is [Li+].[O-]c1ccccc1-c1cnc[n-]1. The van der Waals surface area contributed by atoms with Gasteiger partial charge in [-0.1, -0.05) is 36.8 Å². The van der Waals surface area contributed by atoms with E-state index in [0.717, 1.165) is 0 Å². The van der Waals surface area contributed by atoms with E-state index in [0.29, 0.717) is 11.3 Å². The molecule has 0 amide bonds. The second kappa shape index (κ2) is 4.17. The van der Waals surface area contributed by atoms with E-state index >= 15 is 0 Å². The van der Waals surface area contributed by atoms with E-state index in [4.69, 9.17) is 0 Å². The van der Waals surface area contributed by atoms with Gasteiger partial charge in [0.1, 0.15) is 0 Å². The molecule has 3 nitrogen and oxygen atoms in total. The number of para-hydroxylation sites is 1. The van der Waals surface area contributed by atoms with Crippen molar-refractivity contribution >= 4 is 0 Å². The maximum atomic E-state index is 11.2. The van der Waals surface area contributed by atoms with Crippen molar-refractivity contribution in [3.8, 4) is 17.0 Å². The molecule has 4 heteroatoms. The van der Waals surface area contributed by atoms with Gasteiger partial charge in [0.25, 0.3) is 0 Å². The number of hydrogen-bond donors (Lipinski definition) is 0. The summed E-state index contributed by atoms with van der Waals surface area (Å²) in [4.78, 5) is 7.73. The number of benzene rings is 1. The largest absolute Gasteiger partial charge is 1.00 e. The molecule has 0 aliphatic heterocycles. The number of rotatable bonds is 1. The van der Waals surface area contributed by atoms with E-state index in [-0.39, 0.29) is 24.6 Å². The quantitative estimate of drug-likeness (QED) is 0.450. The van der Waals surface area contributed by atoms with Crippen LogP contribution >= 0.6 is 0 Å². The fourth-order valence-corrected chi connectivity index (χ4v) is 1.05. The molecule has 2 aromatic rings. The number of aromatic nitrogens is 2. The standard InChI is InChI=1S/C9H7N2O.Li/c12-9-4-2-1-3-7(9)8-5-10-6-11-8;/h1-6H,(H-,10,11,12);/q-1;+1/p-1. The Morgan fingerprint density at radius 2 is 2.00 bits per heavy atom. The molecule has 0 radical (unpaired) electrons. The molecule has 0 unspecified atom stereocenters. The van der Waals surface area contributed by atoms with Crippen molar-refractivity contribution < 1.29 is 24.0 Å². The summed E-state index contributed by atoms with van der Waals surface area (Å²) in [6.07, 6.45) is 3.01. The molecule has 1 heterocycles. The molecule has 0 aliphatic carbocycles. The molecular weight excluding hydrogens is 159 g/mol. The molecule has 0 saturated heterocycles. The van der Waals surface area contributed by atoms with Crippen LogP contribution in [-0.4, -0.2) is 4.98 Å². The normalized spacial score (nSPS) is 9.23. The van der Waals surface area contributed by atoms with Crippen molar-refractivity contribution in [3.63, 3.8) is 0 Å². The topological polar surface area (TPSA) is 50.1 Å². The van der Waals surface area contributed by atoms with Crippen LogP contribution in [0.5, 0.6) is 5.75 Å². The summed E-state index contributed by atoms with van der Waals surface area (Å²) in [7, 11) is 0. The fourth-order valence-electron chi connectivity index (χ4n) is 1.05. The second-order valence-corrected chi connectivity index (χ2v) is 2.40. The number of hydrogen-bond acceptors (Lipinski definition) is 2. The molecule has 0 aliphatic rings. The predicted molar refractivity (Wildman–Crippen MR) is 42.4 cm³/mol.